The van der Waals surface area contributed by atoms with E-state index in [4.69, 9.17) is 0 Å². The van der Waals surface area contributed by atoms with Gasteiger partial charge < -0.3 is 4.90 Å². The average Bonchev–Trinajstić information content (AvgIpc) is 3.20. The molecule has 112 valence electrons. The van der Waals surface area contributed by atoms with E-state index in [9.17, 15) is 13.2 Å². The van der Waals surface area contributed by atoms with Gasteiger partial charge in [0.05, 0.1) is 5.56 Å². The topological polar surface area (TPSA) is 3.24 Å². The van der Waals surface area contributed by atoms with Gasteiger partial charge in [-0.05, 0) is 49.3 Å². The summed E-state index contributed by atoms with van der Waals surface area (Å²) in [6, 6.07) is 4.80. The minimum atomic E-state index is -4.27. The molecule has 1 aliphatic carbocycles. The highest BCUT2D eigenvalue weighted by atomic mass is 19.4. The van der Waals surface area contributed by atoms with E-state index in [1.807, 2.05) is 6.07 Å². The molecule has 1 aliphatic rings. The fourth-order valence-electron chi connectivity index (χ4n) is 2.54. The molecule has 4 heteroatoms. The van der Waals surface area contributed by atoms with Crippen LogP contribution in [-0.4, -0.2) is 13.1 Å². The molecule has 0 saturated heterocycles. The Hall–Kier alpha value is -1.19. The molecular formula is C16H22F3N. The molecule has 0 amide bonds. The first-order chi connectivity index (χ1) is 9.45. The summed E-state index contributed by atoms with van der Waals surface area (Å²) in [6.45, 7) is 5.53. The Bertz CT molecular complexity index is 450. The van der Waals surface area contributed by atoms with Crippen LogP contribution >= 0.6 is 0 Å². The van der Waals surface area contributed by atoms with Crippen LogP contribution in [0.25, 0.3) is 0 Å². The van der Waals surface area contributed by atoms with Crippen LogP contribution in [0.3, 0.4) is 0 Å². The van der Waals surface area contributed by atoms with Crippen molar-refractivity contribution in [2.45, 2.75) is 45.7 Å². The van der Waals surface area contributed by atoms with Crippen LogP contribution in [0.2, 0.25) is 0 Å². The molecule has 1 nitrogen and oxygen atoms in total. The molecule has 1 aromatic carbocycles. The fourth-order valence-corrected chi connectivity index (χ4v) is 2.54. The quantitative estimate of drug-likeness (QED) is 0.719. The van der Waals surface area contributed by atoms with Crippen LogP contribution in [-0.2, 0) is 12.6 Å². The van der Waals surface area contributed by atoms with Gasteiger partial charge in [0.2, 0.25) is 0 Å². The molecule has 0 N–H and O–H groups in total. The smallest absolute Gasteiger partial charge is 0.371 e. The molecule has 0 spiro atoms. The SMILES string of the molecule is CCCN(CC1CC1)c1ccc(CC)c(C(F)(F)F)c1. The Morgan fingerprint density at radius 2 is 1.90 bits per heavy atom. The maximum absolute atomic E-state index is 13.1. The van der Waals surface area contributed by atoms with Gasteiger partial charge in [-0.2, -0.15) is 13.2 Å². The van der Waals surface area contributed by atoms with Crippen LogP contribution in [0.5, 0.6) is 0 Å². The highest BCUT2D eigenvalue weighted by Crippen LogP contribution is 2.36. The predicted octanol–water partition coefficient (Wildman–Crippen LogP) is 4.89. The number of benzene rings is 1. The van der Waals surface area contributed by atoms with Gasteiger partial charge in [-0.3, -0.25) is 0 Å². The third-order valence-electron chi connectivity index (χ3n) is 3.81. The van der Waals surface area contributed by atoms with Gasteiger partial charge in [0.25, 0.3) is 0 Å². The van der Waals surface area contributed by atoms with Crippen LogP contribution < -0.4 is 4.90 Å². The molecule has 0 unspecified atom stereocenters. The Morgan fingerprint density at radius 1 is 1.20 bits per heavy atom. The van der Waals surface area contributed by atoms with Crippen molar-refractivity contribution >= 4 is 5.69 Å². The first kappa shape index (κ1) is 15.2. The number of nitrogens with zero attached hydrogens (tertiary/aromatic N) is 1. The van der Waals surface area contributed by atoms with E-state index in [2.05, 4.69) is 11.8 Å². The first-order valence-corrected chi connectivity index (χ1v) is 7.40. The van der Waals surface area contributed by atoms with Crippen molar-refractivity contribution in [1.82, 2.24) is 0 Å². The lowest BCUT2D eigenvalue weighted by Gasteiger charge is -2.26. The minimum absolute atomic E-state index is 0.379. The molecule has 1 fully saturated rings. The van der Waals surface area contributed by atoms with Gasteiger partial charge in [0.1, 0.15) is 0 Å². The number of anilines is 1. The monoisotopic (exact) mass is 285 g/mol. The molecule has 2 rings (SSSR count). The van der Waals surface area contributed by atoms with Gasteiger partial charge in [0.15, 0.2) is 0 Å². The fraction of sp³-hybridized carbons (Fsp3) is 0.625. The van der Waals surface area contributed by atoms with E-state index in [1.54, 1.807) is 13.0 Å². The molecule has 0 heterocycles. The normalized spacial score (nSPS) is 15.4. The van der Waals surface area contributed by atoms with E-state index in [-0.39, 0.29) is 0 Å². The lowest BCUT2D eigenvalue weighted by atomic mass is 10.0. The summed E-state index contributed by atoms with van der Waals surface area (Å²) in [5.41, 5.74) is 0.613. The molecule has 0 aromatic heterocycles. The van der Waals surface area contributed by atoms with E-state index >= 15 is 0 Å². The Kier molecular flexibility index (Phi) is 4.61. The third kappa shape index (κ3) is 3.68. The molecule has 0 bridgehead atoms. The Morgan fingerprint density at radius 3 is 2.40 bits per heavy atom. The number of hydrogen-bond acceptors (Lipinski definition) is 1. The van der Waals surface area contributed by atoms with Crippen molar-refractivity contribution < 1.29 is 13.2 Å². The highest BCUT2D eigenvalue weighted by Gasteiger charge is 2.34. The van der Waals surface area contributed by atoms with Crippen LogP contribution in [0, 0.1) is 5.92 Å². The molecule has 1 aromatic rings. The second-order valence-electron chi connectivity index (χ2n) is 5.58. The molecule has 0 atom stereocenters. The van der Waals surface area contributed by atoms with E-state index in [0.29, 0.717) is 23.6 Å². The number of halogens is 3. The van der Waals surface area contributed by atoms with Crippen molar-refractivity contribution in [2.24, 2.45) is 5.92 Å². The van der Waals surface area contributed by atoms with Crippen LogP contribution in [0.4, 0.5) is 18.9 Å². The first-order valence-electron chi connectivity index (χ1n) is 7.40. The summed E-state index contributed by atoms with van der Waals surface area (Å²) < 4.78 is 39.4. The molecule has 20 heavy (non-hydrogen) atoms. The van der Waals surface area contributed by atoms with Crippen LogP contribution in [0.1, 0.15) is 44.2 Å². The lowest BCUT2D eigenvalue weighted by Crippen LogP contribution is -2.27. The molecule has 0 radical (unpaired) electrons. The Labute approximate surface area is 118 Å². The minimum Gasteiger partial charge on any atom is -0.371 e. The van der Waals surface area contributed by atoms with Gasteiger partial charge in [-0.15, -0.1) is 0 Å². The lowest BCUT2D eigenvalue weighted by molar-refractivity contribution is -0.138. The van der Waals surface area contributed by atoms with Crippen molar-refractivity contribution in [1.29, 1.82) is 0 Å². The van der Waals surface area contributed by atoms with Gasteiger partial charge in [-0.1, -0.05) is 19.9 Å². The maximum atomic E-state index is 13.1. The maximum Gasteiger partial charge on any atom is 0.416 e. The summed E-state index contributed by atoms with van der Waals surface area (Å²) >= 11 is 0. The second kappa shape index (κ2) is 6.06. The van der Waals surface area contributed by atoms with Crippen LogP contribution in [0.15, 0.2) is 18.2 Å². The number of rotatable bonds is 6. The zero-order valence-corrected chi connectivity index (χ0v) is 12.1. The summed E-state index contributed by atoms with van der Waals surface area (Å²) in [5, 5.41) is 0. The average molecular weight is 285 g/mol. The predicted molar refractivity (Wildman–Crippen MR) is 76.1 cm³/mol. The Balaban J connectivity index is 2.29. The van der Waals surface area contributed by atoms with Gasteiger partial charge in [-0.25, -0.2) is 0 Å². The number of hydrogen-bond donors (Lipinski definition) is 0. The number of aryl methyl sites for hydroxylation is 1. The van der Waals surface area contributed by atoms with Gasteiger partial charge >= 0.3 is 6.18 Å². The summed E-state index contributed by atoms with van der Waals surface area (Å²) in [7, 11) is 0. The second-order valence-corrected chi connectivity index (χ2v) is 5.58. The van der Waals surface area contributed by atoms with E-state index in [0.717, 1.165) is 19.5 Å². The molecular weight excluding hydrogens is 263 g/mol. The van der Waals surface area contributed by atoms with E-state index < -0.39 is 11.7 Å². The summed E-state index contributed by atoms with van der Waals surface area (Å²) in [4.78, 5) is 2.10. The third-order valence-corrected chi connectivity index (χ3v) is 3.81. The van der Waals surface area contributed by atoms with Gasteiger partial charge in [0, 0.05) is 18.8 Å². The van der Waals surface area contributed by atoms with Crippen molar-refractivity contribution in [3.63, 3.8) is 0 Å². The summed E-state index contributed by atoms with van der Waals surface area (Å²) in [6.07, 6.45) is -0.493. The zero-order valence-electron chi connectivity index (χ0n) is 12.1. The van der Waals surface area contributed by atoms with Crippen molar-refractivity contribution in [2.75, 3.05) is 18.0 Å². The highest BCUT2D eigenvalue weighted by molar-refractivity contribution is 5.52. The summed E-state index contributed by atoms with van der Waals surface area (Å²) in [5.74, 6) is 0.668. The molecule has 1 saturated carbocycles. The largest absolute Gasteiger partial charge is 0.416 e. The molecule has 0 aliphatic heterocycles. The number of alkyl halides is 3. The zero-order chi connectivity index (χ0) is 14.8. The van der Waals surface area contributed by atoms with Crippen molar-refractivity contribution in [3.8, 4) is 0 Å². The standard InChI is InChI=1S/C16H22F3N/c1-3-9-20(11-12-5-6-12)14-8-7-13(4-2)15(10-14)16(17,18)19/h7-8,10,12H,3-6,9,11H2,1-2H3. The van der Waals surface area contributed by atoms with E-state index in [1.165, 1.54) is 18.9 Å². The van der Waals surface area contributed by atoms with Crippen molar-refractivity contribution in [3.05, 3.63) is 29.3 Å².